The van der Waals surface area contributed by atoms with Crippen LogP contribution in [-0.2, 0) is 6.18 Å². The minimum atomic E-state index is -4.56. The van der Waals surface area contributed by atoms with Gasteiger partial charge in [-0.15, -0.1) is 0 Å². The van der Waals surface area contributed by atoms with Gasteiger partial charge in [0.1, 0.15) is 6.07 Å². The Hall–Kier alpha value is -3.28. The van der Waals surface area contributed by atoms with Crippen molar-refractivity contribution in [3.05, 3.63) is 58.3 Å². The van der Waals surface area contributed by atoms with Crippen LogP contribution in [0.25, 0.3) is 0 Å². The van der Waals surface area contributed by atoms with Gasteiger partial charge < -0.3 is 10.6 Å². The van der Waals surface area contributed by atoms with Gasteiger partial charge in [0.2, 0.25) is 0 Å². The van der Waals surface area contributed by atoms with Gasteiger partial charge in [0.15, 0.2) is 5.41 Å². The number of likely N-dealkylation sites (N-methyl/N-ethyl adjacent to an activating group) is 1. The molecule has 8 heteroatoms. The van der Waals surface area contributed by atoms with Crippen LogP contribution in [0.1, 0.15) is 17.0 Å². The number of nitrogens with zero attached hydrogens (tertiary/aromatic N) is 4. The molecule has 1 aromatic carbocycles. The molecule has 3 rings (SSSR count). The molecule has 142 valence electrons. The number of fused-ring (bicyclic) bond motifs is 1. The maximum atomic E-state index is 13.3. The van der Waals surface area contributed by atoms with Crippen molar-refractivity contribution in [1.82, 2.24) is 4.90 Å². The second-order valence-corrected chi connectivity index (χ2v) is 7.02. The van der Waals surface area contributed by atoms with E-state index in [1.165, 1.54) is 12.1 Å². The zero-order valence-electron chi connectivity index (χ0n) is 15.0. The summed E-state index contributed by atoms with van der Waals surface area (Å²) in [6, 6.07) is 10.4. The van der Waals surface area contributed by atoms with Crippen molar-refractivity contribution in [2.24, 2.45) is 17.1 Å². The van der Waals surface area contributed by atoms with Crippen molar-refractivity contribution in [1.29, 1.82) is 15.8 Å². The molecule has 0 saturated heterocycles. The molecule has 1 aliphatic heterocycles. The van der Waals surface area contributed by atoms with Crippen LogP contribution >= 0.6 is 0 Å². The first-order valence-corrected chi connectivity index (χ1v) is 8.48. The van der Waals surface area contributed by atoms with Crippen molar-refractivity contribution < 1.29 is 13.2 Å². The number of hydrogen-bond acceptors (Lipinski definition) is 5. The Morgan fingerprint density at radius 1 is 1.21 bits per heavy atom. The van der Waals surface area contributed by atoms with Gasteiger partial charge in [-0.25, -0.2) is 0 Å². The van der Waals surface area contributed by atoms with Crippen LogP contribution in [0, 0.1) is 45.3 Å². The maximum absolute atomic E-state index is 13.3. The lowest BCUT2D eigenvalue weighted by atomic mass is 9.58. The molecule has 1 aliphatic carbocycles. The summed E-state index contributed by atoms with van der Waals surface area (Å²) >= 11 is 0. The van der Waals surface area contributed by atoms with Gasteiger partial charge in [0.05, 0.1) is 29.0 Å². The highest BCUT2D eigenvalue weighted by atomic mass is 19.4. The third-order valence-corrected chi connectivity index (χ3v) is 5.42. The van der Waals surface area contributed by atoms with E-state index < -0.39 is 29.0 Å². The molecule has 0 radical (unpaired) electrons. The van der Waals surface area contributed by atoms with Gasteiger partial charge in [-0.1, -0.05) is 24.3 Å². The van der Waals surface area contributed by atoms with Gasteiger partial charge >= 0.3 is 6.18 Å². The van der Waals surface area contributed by atoms with Crippen LogP contribution in [-0.4, -0.2) is 25.0 Å². The second-order valence-electron chi connectivity index (χ2n) is 7.02. The average molecular weight is 383 g/mol. The molecule has 0 saturated carbocycles. The molecular weight excluding hydrogens is 367 g/mol. The largest absolute Gasteiger partial charge is 0.416 e. The third-order valence-electron chi connectivity index (χ3n) is 5.42. The van der Waals surface area contributed by atoms with E-state index in [4.69, 9.17) is 5.73 Å². The summed E-state index contributed by atoms with van der Waals surface area (Å²) in [5.74, 6) is -1.45. The highest BCUT2D eigenvalue weighted by molar-refractivity contribution is 5.59. The highest BCUT2D eigenvalue weighted by Crippen LogP contribution is 2.54. The zero-order valence-corrected chi connectivity index (χ0v) is 15.0. The van der Waals surface area contributed by atoms with Crippen molar-refractivity contribution in [3.8, 4) is 18.2 Å². The topological polar surface area (TPSA) is 101 Å². The molecule has 0 unspecified atom stereocenters. The molecule has 2 N–H and O–H groups in total. The Labute approximate surface area is 160 Å². The molecule has 2 atom stereocenters. The minimum absolute atomic E-state index is 0.0735. The predicted molar refractivity (Wildman–Crippen MR) is 93.7 cm³/mol. The fraction of sp³-hybridized carbons (Fsp3) is 0.350. The van der Waals surface area contributed by atoms with Crippen LogP contribution in [0.15, 0.2) is 47.2 Å². The summed E-state index contributed by atoms with van der Waals surface area (Å²) in [6.07, 6.45) is -2.77. The Morgan fingerprint density at radius 2 is 1.89 bits per heavy atom. The van der Waals surface area contributed by atoms with Crippen LogP contribution in [0.5, 0.6) is 0 Å². The summed E-state index contributed by atoms with van der Waals surface area (Å²) in [4.78, 5) is 1.92. The van der Waals surface area contributed by atoms with Crippen LogP contribution in [0.2, 0.25) is 0 Å². The molecule has 0 aromatic heterocycles. The number of benzene rings is 1. The first-order valence-electron chi connectivity index (χ1n) is 8.48. The average Bonchev–Trinajstić information content (AvgIpc) is 2.67. The van der Waals surface area contributed by atoms with Crippen molar-refractivity contribution >= 4 is 0 Å². The fourth-order valence-electron chi connectivity index (χ4n) is 4.11. The van der Waals surface area contributed by atoms with E-state index in [0.29, 0.717) is 18.7 Å². The molecule has 0 fully saturated rings. The quantitative estimate of drug-likeness (QED) is 0.803. The minimum Gasteiger partial charge on any atom is -0.399 e. The van der Waals surface area contributed by atoms with Gasteiger partial charge in [0, 0.05) is 24.9 Å². The Bertz CT molecular complexity index is 986. The number of hydrogen-bond donors (Lipinski definition) is 1. The monoisotopic (exact) mass is 383 g/mol. The standard InChI is InChI=1S/C20H16F3N5/c1-28-6-5-14-15(8-24)18(27)19(10-25,11-26)17(16(14)9-28)12-3-2-4-13(7-12)20(21,22)23/h2-5,7,16-17H,6,9,27H2,1H3/t16-,17+/m0/s1. The van der Waals surface area contributed by atoms with Gasteiger partial charge in [-0.05, 0) is 24.3 Å². The molecular formula is C20H16F3N5. The Morgan fingerprint density at radius 3 is 2.46 bits per heavy atom. The molecule has 0 amide bonds. The summed E-state index contributed by atoms with van der Waals surface area (Å²) in [5.41, 5.74) is 3.98. The van der Waals surface area contributed by atoms with Crippen LogP contribution in [0.4, 0.5) is 13.2 Å². The van der Waals surface area contributed by atoms with Crippen LogP contribution in [0.3, 0.4) is 0 Å². The number of allylic oxidation sites excluding steroid dienone is 2. The summed E-state index contributed by atoms with van der Waals surface area (Å²) in [6.45, 7) is 0.919. The summed E-state index contributed by atoms with van der Waals surface area (Å²) in [5, 5.41) is 29.4. The first-order chi connectivity index (χ1) is 13.2. The lowest BCUT2D eigenvalue weighted by Crippen LogP contribution is -2.47. The molecule has 0 bridgehead atoms. The maximum Gasteiger partial charge on any atom is 0.416 e. The summed E-state index contributed by atoms with van der Waals surface area (Å²) in [7, 11) is 1.82. The fourth-order valence-corrected chi connectivity index (χ4v) is 4.11. The van der Waals surface area contributed by atoms with Gasteiger partial charge in [-0.2, -0.15) is 29.0 Å². The van der Waals surface area contributed by atoms with Gasteiger partial charge in [-0.3, -0.25) is 0 Å². The van der Waals surface area contributed by atoms with E-state index in [1.807, 2.05) is 30.2 Å². The molecule has 28 heavy (non-hydrogen) atoms. The van der Waals surface area contributed by atoms with E-state index in [1.54, 1.807) is 6.08 Å². The zero-order chi connectivity index (χ0) is 20.7. The lowest BCUT2D eigenvalue weighted by molar-refractivity contribution is -0.137. The molecule has 0 spiro atoms. The third kappa shape index (κ3) is 2.81. The van der Waals surface area contributed by atoms with Crippen molar-refractivity contribution in [3.63, 3.8) is 0 Å². The van der Waals surface area contributed by atoms with Gasteiger partial charge in [0.25, 0.3) is 0 Å². The van der Waals surface area contributed by atoms with E-state index in [2.05, 4.69) is 0 Å². The highest BCUT2D eigenvalue weighted by Gasteiger charge is 2.54. The predicted octanol–water partition coefficient (Wildman–Crippen LogP) is 3.06. The van der Waals surface area contributed by atoms with E-state index in [0.717, 1.165) is 12.1 Å². The lowest BCUT2D eigenvalue weighted by Gasteiger charge is -2.45. The molecule has 2 aliphatic rings. The van der Waals surface area contributed by atoms with E-state index >= 15 is 0 Å². The summed E-state index contributed by atoms with van der Waals surface area (Å²) < 4.78 is 39.8. The number of halogens is 3. The first kappa shape index (κ1) is 19.5. The molecule has 5 nitrogen and oxygen atoms in total. The van der Waals surface area contributed by atoms with Crippen molar-refractivity contribution in [2.45, 2.75) is 12.1 Å². The number of nitriles is 3. The number of rotatable bonds is 1. The van der Waals surface area contributed by atoms with Crippen molar-refractivity contribution in [2.75, 3.05) is 20.1 Å². The molecule has 1 heterocycles. The SMILES string of the molecule is CN1CC=C2C(C#N)=C(N)C(C#N)(C#N)[C@H](c3cccc(C(F)(F)F)c3)[C@H]2C1. The number of nitrogens with two attached hydrogens (primary N) is 1. The Balaban J connectivity index is 2.32. The normalized spacial score (nSPS) is 24.4. The smallest absolute Gasteiger partial charge is 0.399 e. The molecule has 1 aromatic rings. The van der Waals surface area contributed by atoms with Crippen LogP contribution < -0.4 is 5.73 Å². The Kier molecular flexibility index (Phi) is 4.67. The number of alkyl halides is 3. The van der Waals surface area contributed by atoms with E-state index in [9.17, 15) is 29.0 Å². The second kappa shape index (κ2) is 6.71. The van der Waals surface area contributed by atoms with E-state index in [-0.39, 0.29) is 16.8 Å².